The molecule has 1 aromatic rings. The standard InChI is InChI=1S/C18H22N2O3/c1-13(18(22)23)12-19-9-6-15(7-10-19)17(21)20-11-8-14-4-2-3-5-16(14)20/h2-5,15H,1,6-12H2,(H,22,23). The fourth-order valence-electron chi connectivity index (χ4n) is 3.46. The molecular weight excluding hydrogens is 292 g/mol. The Morgan fingerprint density at radius 3 is 2.57 bits per heavy atom. The number of anilines is 1. The van der Waals surface area contributed by atoms with Gasteiger partial charge in [-0.05, 0) is 44.0 Å². The summed E-state index contributed by atoms with van der Waals surface area (Å²) in [6.07, 6.45) is 2.49. The van der Waals surface area contributed by atoms with E-state index in [4.69, 9.17) is 5.11 Å². The summed E-state index contributed by atoms with van der Waals surface area (Å²) < 4.78 is 0. The highest BCUT2D eigenvalue weighted by Crippen LogP contribution is 2.31. The lowest BCUT2D eigenvalue weighted by Gasteiger charge is -2.33. The van der Waals surface area contributed by atoms with E-state index in [1.54, 1.807) is 0 Å². The van der Waals surface area contributed by atoms with E-state index in [0.717, 1.165) is 44.6 Å². The van der Waals surface area contributed by atoms with Crippen molar-refractivity contribution in [2.75, 3.05) is 31.1 Å². The number of nitrogens with zero attached hydrogens (tertiary/aromatic N) is 2. The summed E-state index contributed by atoms with van der Waals surface area (Å²) in [5.74, 6) is -0.695. The Morgan fingerprint density at radius 2 is 1.87 bits per heavy atom. The SMILES string of the molecule is C=C(CN1CCC(C(=O)N2CCc3ccccc32)CC1)C(=O)O. The number of piperidine rings is 1. The number of amides is 1. The van der Waals surface area contributed by atoms with Gasteiger partial charge >= 0.3 is 5.97 Å². The average Bonchev–Trinajstić information content (AvgIpc) is 2.99. The highest BCUT2D eigenvalue weighted by Gasteiger charge is 2.32. The summed E-state index contributed by atoms with van der Waals surface area (Å²) in [4.78, 5) is 27.6. The van der Waals surface area contributed by atoms with Crippen molar-refractivity contribution in [2.24, 2.45) is 5.92 Å². The summed E-state index contributed by atoms with van der Waals surface area (Å²) in [6, 6.07) is 8.10. The second-order valence-corrected chi connectivity index (χ2v) is 6.33. The molecule has 1 fully saturated rings. The normalized spacial score (nSPS) is 18.7. The van der Waals surface area contributed by atoms with Gasteiger partial charge in [-0.3, -0.25) is 9.69 Å². The lowest BCUT2D eigenvalue weighted by molar-refractivity contribution is -0.133. The van der Waals surface area contributed by atoms with Crippen molar-refractivity contribution in [1.82, 2.24) is 4.90 Å². The predicted molar refractivity (Wildman–Crippen MR) is 88.4 cm³/mol. The Bertz CT molecular complexity index is 633. The van der Waals surface area contributed by atoms with Crippen molar-refractivity contribution in [3.8, 4) is 0 Å². The van der Waals surface area contributed by atoms with Crippen LogP contribution in [-0.4, -0.2) is 48.1 Å². The number of hydrogen-bond donors (Lipinski definition) is 1. The molecule has 0 aromatic heterocycles. The zero-order valence-electron chi connectivity index (χ0n) is 13.2. The van der Waals surface area contributed by atoms with Crippen LogP contribution in [0.4, 0.5) is 5.69 Å². The molecule has 1 amide bonds. The Hall–Kier alpha value is -2.14. The number of hydrogen-bond acceptors (Lipinski definition) is 3. The number of para-hydroxylation sites is 1. The fourth-order valence-corrected chi connectivity index (χ4v) is 3.46. The van der Waals surface area contributed by atoms with E-state index < -0.39 is 5.97 Å². The molecule has 2 aliphatic heterocycles. The van der Waals surface area contributed by atoms with Crippen LogP contribution in [0.25, 0.3) is 0 Å². The maximum absolute atomic E-state index is 12.8. The molecule has 3 rings (SSSR count). The highest BCUT2D eigenvalue weighted by molar-refractivity contribution is 5.97. The first-order valence-electron chi connectivity index (χ1n) is 8.09. The summed E-state index contributed by atoms with van der Waals surface area (Å²) in [5, 5.41) is 8.90. The molecule has 1 N–H and O–H groups in total. The van der Waals surface area contributed by atoms with Crippen LogP contribution in [0.3, 0.4) is 0 Å². The van der Waals surface area contributed by atoms with Gasteiger partial charge in [0.2, 0.25) is 5.91 Å². The summed E-state index contributed by atoms with van der Waals surface area (Å²) in [6.45, 7) is 6.22. The third kappa shape index (κ3) is 3.29. The molecular formula is C18H22N2O3. The van der Waals surface area contributed by atoms with Gasteiger partial charge in [0, 0.05) is 30.3 Å². The monoisotopic (exact) mass is 314 g/mol. The average molecular weight is 314 g/mol. The smallest absolute Gasteiger partial charge is 0.332 e. The minimum atomic E-state index is -0.947. The maximum Gasteiger partial charge on any atom is 0.332 e. The van der Waals surface area contributed by atoms with Crippen LogP contribution in [0.2, 0.25) is 0 Å². The topological polar surface area (TPSA) is 60.9 Å². The van der Waals surface area contributed by atoms with E-state index in [1.165, 1.54) is 5.56 Å². The van der Waals surface area contributed by atoms with Crippen LogP contribution in [0.1, 0.15) is 18.4 Å². The van der Waals surface area contributed by atoms with Crippen molar-refractivity contribution in [2.45, 2.75) is 19.3 Å². The van der Waals surface area contributed by atoms with Gasteiger partial charge < -0.3 is 10.0 Å². The van der Waals surface area contributed by atoms with Crippen LogP contribution < -0.4 is 4.90 Å². The number of rotatable bonds is 4. The molecule has 5 nitrogen and oxygen atoms in total. The van der Waals surface area contributed by atoms with E-state index in [-0.39, 0.29) is 17.4 Å². The third-order valence-electron chi connectivity index (χ3n) is 4.81. The van der Waals surface area contributed by atoms with Gasteiger partial charge in [0.15, 0.2) is 0 Å². The van der Waals surface area contributed by atoms with Crippen LogP contribution in [0, 0.1) is 5.92 Å². The largest absolute Gasteiger partial charge is 0.478 e. The van der Waals surface area contributed by atoms with E-state index in [2.05, 4.69) is 17.5 Å². The van der Waals surface area contributed by atoms with Crippen LogP contribution in [-0.2, 0) is 16.0 Å². The number of likely N-dealkylation sites (tertiary alicyclic amines) is 1. The van der Waals surface area contributed by atoms with Gasteiger partial charge in [-0.15, -0.1) is 0 Å². The van der Waals surface area contributed by atoms with E-state index in [1.807, 2.05) is 23.1 Å². The second kappa shape index (κ2) is 6.54. The molecule has 122 valence electrons. The first-order valence-corrected chi connectivity index (χ1v) is 8.09. The van der Waals surface area contributed by atoms with Crippen molar-refractivity contribution in [3.63, 3.8) is 0 Å². The predicted octanol–water partition coefficient (Wildman–Crippen LogP) is 1.93. The molecule has 23 heavy (non-hydrogen) atoms. The molecule has 0 atom stereocenters. The molecule has 1 aromatic carbocycles. The molecule has 0 aliphatic carbocycles. The molecule has 0 unspecified atom stereocenters. The van der Waals surface area contributed by atoms with Crippen LogP contribution in [0.15, 0.2) is 36.4 Å². The second-order valence-electron chi connectivity index (χ2n) is 6.33. The molecule has 0 bridgehead atoms. The minimum absolute atomic E-state index is 0.0375. The molecule has 5 heteroatoms. The lowest BCUT2D eigenvalue weighted by atomic mass is 9.95. The van der Waals surface area contributed by atoms with Gasteiger partial charge in [0.25, 0.3) is 0 Å². The fraction of sp³-hybridized carbons (Fsp3) is 0.444. The number of carboxylic acids is 1. The van der Waals surface area contributed by atoms with E-state index >= 15 is 0 Å². The van der Waals surface area contributed by atoms with Crippen molar-refractivity contribution < 1.29 is 14.7 Å². The van der Waals surface area contributed by atoms with Gasteiger partial charge in [-0.1, -0.05) is 24.8 Å². The Morgan fingerprint density at radius 1 is 1.17 bits per heavy atom. The summed E-state index contributed by atoms with van der Waals surface area (Å²) >= 11 is 0. The molecule has 0 saturated carbocycles. The number of aliphatic carboxylic acids is 1. The zero-order valence-corrected chi connectivity index (χ0v) is 13.2. The van der Waals surface area contributed by atoms with Crippen molar-refractivity contribution in [3.05, 3.63) is 42.0 Å². The number of carbonyl (C=O) groups is 2. The van der Waals surface area contributed by atoms with Gasteiger partial charge in [0.05, 0.1) is 0 Å². The number of fused-ring (bicyclic) bond motifs is 1. The summed E-state index contributed by atoms with van der Waals surface area (Å²) in [7, 11) is 0. The van der Waals surface area contributed by atoms with Crippen molar-refractivity contribution in [1.29, 1.82) is 0 Å². The van der Waals surface area contributed by atoms with Gasteiger partial charge in [-0.2, -0.15) is 0 Å². The highest BCUT2D eigenvalue weighted by atomic mass is 16.4. The minimum Gasteiger partial charge on any atom is -0.478 e. The molecule has 0 radical (unpaired) electrons. The zero-order chi connectivity index (χ0) is 16.4. The molecule has 0 spiro atoms. The van der Waals surface area contributed by atoms with Crippen molar-refractivity contribution >= 4 is 17.6 Å². The number of carboxylic acid groups (broad SMARTS) is 1. The van der Waals surface area contributed by atoms with Crippen LogP contribution >= 0.6 is 0 Å². The maximum atomic E-state index is 12.8. The number of benzene rings is 1. The van der Waals surface area contributed by atoms with Gasteiger partial charge in [-0.25, -0.2) is 4.79 Å². The summed E-state index contributed by atoms with van der Waals surface area (Å²) in [5.41, 5.74) is 2.51. The Balaban J connectivity index is 1.57. The first-order chi connectivity index (χ1) is 11.1. The molecule has 1 saturated heterocycles. The molecule has 2 heterocycles. The van der Waals surface area contributed by atoms with Crippen LogP contribution in [0.5, 0.6) is 0 Å². The Labute approximate surface area is 136 Å². The molecule has 2 aliphatic rings. The first kappa shape index (κ1) is 15.7. The third-order valence-corrected chi connectivity index (χ3v) is 4.81. The van der Waals surface area contributed by atoms with Gasteiger partial charge in [0.1, 0.15) is 0 Å². The lowest BCUT2D eigenvalue weighted by Crippen LogP contribution is -2.42. The van der Waals surface area contributed by atoms with E-state index in [0.29, 0.717) is 6.54 Å². The number of carbonyl (C=O) groups excluding carboxylic acids is 1. The Kier molecular flexibility index (Phi) is 4.48. The quantitative estimate of drug-likeness (QED) is 0.863. The van der Waals surface area contributed by atoms with E-state index in [9.17, 15) is 9.59 Å².